The van der Waals surface area contributed by atoms with Crippen molar-refractivity contribution in [3.63, 3.8) is 0 Å². The van der Waals surface area contributed by atoms with Gasteiger partial charge in [-0.3, -0.25) is 9.59 Å². The van der Waals surface area contributed by atoms with Gasteiger partial charge in [0.15, 0.2) is 0 Å². The third kappa shape index (κ3) is 4.83. The molecule has 3 N–H and O–H groups in total. The van der Waals surface area contributed by atoms with Crippen molar-refractivity contribution in [3.05, 3.63) is 23.2 Å². The van der Waals surface area contributed by atoms with Crippen molar-refractivity contribution in [1.82, 2.24) is 5.32 Å². The van der Waals surface area contributed by atoms with E-state index in [1.165, 1.54) is 19.8 Å². The van der Waals surface area contributed by atoms with Crippen LogP contribution in [-0.4, -0.2) is 24.9 Å². The van der Waals surface area contributed by atoms with Crippen LogP contribution in [0.4, 0.5) is 11.4 Å². The molecule has 1 aliphatic carbocycles. The minimum absolute atomic E-state index is 0.139. The summed E-state index contributed by atoms with van der Waals surface area (Å²) in [7, 11) is 0. The number of hydrogen-bond donors (Lipinski definition) is 3. The Morgan fingerprint density at radius 2 is 2.00 bits per heavy atom. The quantitative estimate of drug-likeness (QED) is 0.754. The molecule has 1 fully saturated rings. The average molecular weight is 296 g/mol. The number of carbonyl (C=O) groups is 2. The van der Waals surface area contributed by atoms with Gasteiger partial charge in [-0.1, -0.05) is 11.6 Å². The van der Waals surface area contributed by atoms with Gasteiger partial charge in [0.2, 0.25) is 11.8 Å². The van der Waals surface area contributed by atoms with Gasteiger partial charge in [0.05, 0.1) is 17.9 Å². The molecule has 1 aliphatic rings. The van der Waals surface area contributed by atoms with Gasteiger partial charge in [0.1, 0.15) is 0 Å². The Morgan fingerprint density at radius 3 is 2.65 bits per heavy atom. The lowest BCUT2D eigenvalue weighted by Crippen LogP contribution is -2.29. The first-order valence-corrected chi connectivity index (χ1v) is 7.00. The van der Waals surface area contributed by atoms with Crippen LogP contribution in [0.15, 0.2) is 18.2 Å². The highest BCUT2D eigenvalue weighted by atomic mass is 35.5. The molecule has 0 aromatic heterocycles. The van der Waals surface area contributed by atoms with E-state index in [-0.39, 0.29) is 18.4 Å². The van der Waals surface area contributed by atoms with E-state index in [1.54, 1.807) is 18.2 Å². The molecule has 2 rings (SSSR count). The molecule has 2 amide bonds. The smallest absolute Gasteiger partial charge is 0.238 e. The van der Waals surface area contributed by atoms with Crippen molar-refractivity contribution in [1.29, 1.82) is 0 Å². The Hall–Kier alpha value is -1.59. The maximum Gasteiger partial charge on any atom is 0.238 e. The maximum absolute atomic E-state index is 11.8. The van der Waals surface area contributed by atoms with E-state index in [1.807, 2.05) is 0 Å². The predicted octanol–water partition coefficient (Wildman–Crippen LogP) is 2.24. The number of amides is 2. The summed E-state index contributed by atoms with van der Waals surface area (Å²) in [6.45, 7) is 2.55. The lowest BCUT2D eigenvalue weighted by molar-refractivity contribution is -0.116. The molecule has 20 heavy (non-hydrogen) atoms. The summed E-state index contributed by atoms with van der Waals surface area (Å²) in [6, 6.07) is 4.95. The summed E-state index contributed by atoms with van der Waals surface area (Å²) in [4.78, 5) is 23.0. The molecular weight excluding hydrogens is 278 g/mol. The van der Waals surface area contributed by atoms with Crippen molar-refractivity contribution < 1.29 is 9.59 Å². The van der Waals surface area contributed by atoms with E-state index in [2.05, 4.69) is 16.0 Å². The van der Waals surface area contributed by atoms with E-state index in [0.29, 0.717) is 16.4 Å². The van der Waals surface area contributed by atoms with E-state index in [0.717, 1.165) is 12.5 Å². The molecule has 0 bridgehead atoms. The van der Waals surface area contributed by atoms with Gasteiger partial charge in [-0.25, -0.2) is 0 Å². The number of hydrogen-bond acceptors (Lipinski definition) is 3. The molecule has 5 nitrogen and oxygen atoms in total. The molecule has 1 aromatic carbocycles. The van der Waals surface area contributed by atoms with Crippen LogP contribution in [0.25, 0.3) is 0 Å². The summed E-state index contributed by atoms with van der Waals surface area (Å²) >= 11 is 5.89. The molecule has 108 valence electrons. The molecule has 1 saturated carbocycles. The van der Waals surface area contributed by atoms with Crippen LogP contribution in [0.2, 0.25) is 5.02 Å². The topological polar surface area (TPSA) is 70.2 Å². The third-order valence-corrected chi connectivity index (χ3v) is 3.22. The second-order valence-electron chi connectivity index (χ2n) is 4.99. The van der Waals surface area contributed by atoms with E-state index in [4.69, 9.17) is 11.6 Å². The van der Waals surface area contributed by atoms with E-state index < -0.39 is 0 Å². The predicted molar refractivity (Wildman–Crippen MR) is 80.0 cm³/mol. The standard InChI is InChI=1S/C14H18ClN3O2/c1-9(19)17-13-6-11(15)4-5-12(13)18-14(20)8-16-7-10-2-3-10/h4-6,10,16H,2-3,7-8H2,1H3,(H,17,19)(H,18,20). The number of anilines is 2. The number of carbonyl (C=O) groups excluding carboxylic acids is 2. The normalized spacial score (nSPS) is 13.9. The first-order chi connectivity index (χ1) is 9.54. The minimum Gasteiger partial charge on any atom is -0.324 e. The van der Waals surface area contributed by atoms with Gasteiger partial charge in [0.25, 0.3) is 0 Å². The van der Waals surface area contributed by atoms with E-state index >= 15 is 0 Å². The van der Waals surface area contributed by atoms with Gasteiger partial charge in [0, 0.05) is 11.9 Å². The summed E-state index contributed by atoms with van der Waals surface area (Å²) < 4.78 is 0. The fourth-order valence-electron chi connectivity index (χ4n) is 1.82. The SMILES string of the molecule is CC(=O)Nc1cc(Cl)ccc1NC(=O)CNCC1CC1. The molecule has 0 spiro atoms. The third-order valence-electron chi connectivity index (χ3n) is 2.98. The Balaban J connectivity index is 1.92. The molecular formula is C14H18ClN3O2. The number of benzene rings is 1. The van der Waals surface area contributed by atoms with Gasteiger partial charge in [-0.15, -0.1) is 0 Å². The summed E-state index contributed by atoms with van der Waals surface area (Å²) in [5.74, 6) is 0.377. The average Bonchev–Trinajstić information content (AvgIpc) is 3.16. The number of nitrogens with one attached hydrogen (secondary N) is 3. The van der Waals surface area contributed by atoms with Crippen molar-refractivity contribution in [3.8, 4) is 0 Å². The van der Waals surface area contributed by atoms with Crippen molar-refractivity contribution in [2.75, 3.05) is 23.7 Å². The fraction of sp³-hybridized carbons (Fsp3) is 0.429. The van der Waals surface area contributed by atoms with Crippen LogP contribution >= 0.6 is 11.6 Å². The van der Waals surface area contributed by atoms with Gasteiger partial charge in [-0.2, -0.15) is 0 Å². The summed E-state index contributed by atoms with van der Waals surface area (Å²) in [6.07, 6.45) is 2.50. The molecule has 0 radical (unpaired) electrons. The Kier molecular flexibility index (Phi) is 4.98. The Labute approximate surface area is 123 Å². The zero-order valence-corrected chi connectivity index (χ0v) is 12.1. The molecule has 0 heterocycles. The summed E-state index contributed by atoms with van der Waals surface area (Å²) in [5, 5.41) is 9.02. The highest BCUT2D eigenvalue weighted by Gasteiger charge is 2.20. The highest BCUT2D eigenvalue weighted by Crippen LogP contribution is 2.27. The van der Waals surface area contributed by atoms with Crippen LogP contribution in [0.5, 0.6) is 0 Å². The zero-order valence-electron chi connectivity index (χ0n) is 11.3. The first kappa shape index (κ1) is 14.8. The van der Waals surface area contributed by atoms with Gasteiger partial charge >= 0.3 is 0 Å². The van der Waals surface area contributed by atoms with Crippen LogP contribution in [0.3, 0.4) is 0 Å². The minimum atomic E-state index is -0.213. The van der Waals surface area contributed by atoms with Crippen LogP contribution < -0.4 is 16.0 Å². The monoisotopic (exact) mass is 295 g/mol. The van der Waals surface area contributed by atoms with Gasteiger partial charge < -0.3 is 16.0 Å². The number of halogens is 1. The molecule has 1 aromatic rings. The summed E-state index contributed by atoms with van der Waals surface area (Å²) in [5.41, 5.74) is 1.04. The van der Waals surface area contributed by atoms with Crippen molar-refractivity contribution in [2.24, 2.45) is 5.92 Å². The number of rotatable bonds is 6. The largest absolute Gasteiger partial charge is 0.324 e. The Morgan fingerprint density at radius 1 is 1.25 bits per heavy atom. The van der Waals surface area contributed by atoms with E-state index in [9.17, 15) is 9.59 Å². The van der Waals surface area contributed by atoms with Crippen LogP contribution in [-0.2, 0) is 9.59 Å². The molecule has 0 saturated heterocycles. The Bertz CT molecular complexity index is 515. The molecule has 0 unspecified atom stereocenters. The molecule has 0 atom stereocenters. The van der Waals surface area contributed by atoms with Gasteiger partial charge in [-0.05, 0) is 43.5 Å². The lowest BCUT2D eigenvalue weighted by Gasteiger charge is -2.12. The van der Waals surface area contributed by atoms with Crippen molar-refractivity contribution >= 4 is 34.8 Å². The van der Waals surface area contributed by atoms with Crippen LogP contribution in [0.1, 0.15) is 19.8 Å². The van der Waals surface area contributed by atoms with Crippen LogP contribution in [0, 0.1) is 5.92 Å². The second-order valence-corrected chi connectivity index (χ2v) is 5.43. The lowest BCUT2D eigenvalue weighted by atomic mass is 10.2. The maximum atomic E-state index is 11.8. The second kappa shape index (κ2) is 6.72. The fourth-order valence-corrected chi connectivity index (χ4v) is 2.00. The first-order valence-electron chi connectivity index (χ1n) is 6.62. The molecule has 0 aliphatic heterocycles. The zero-order chi connectivity index (χ0) is 14.5. The highest BCUT2D eigenvalue weighted by molar-refractivity contribution is 6.31. The van der Waals surface area contributed by atoms with Crippen molar-refractivity contribution in [2.45, 2.75) is 19.8 Å². The molecule has 6 heteroatoms.